The van der Waals surface area contributed by atoms with Gasteiger partial charge in [0.2, 0.25) is 5.91 Å². The number of aliphatic hydroxyl groups is 3. The van der Waals surface area contributed by atoms with Crippen molar-refractivity contribution in [3.8, 4) is 0 Å². The van der Waals surface area contributed by atoms with Gasteiger partial charge in [0, 0.05) is 11.8 Å². The van der Waals surface area contributed by atoms with Gasteiger partial charge in [0.25, 0.3) is 0 Å². The number of aliphatic hydroxyl groups excluding tert-OH is 3. The fourth-order valence-electron chi connectivity index (χ4n) is 12.0. The Hall–Kier alpha value is -1.32. The van der Waals surface area contributed by atoms with Gasteiger partial charge in [-0.2, -0.15) is 0 Å². The fourth-order valence-corrected chi connectivity index (χ4v) is 12.0. The highest BCUT2D eigenvalue weighted by Gasteiger charge is 2.69. The standard InChI is InChI=1S/C36H58N2O6/c1-31(2)14-16-36(30(43)38-29-28(42)27(41)26(37)22(19-39)44-29)17-15-34(6)20(21(36)18-31)8-9-24-33(5)12-11-25(40)32(3,4)23(33)10-13-35(24,34)7/h8,21-24,26-29,39,41-42H,9-19,37H2,1-7H3,(H,38,43). The third-order valence-electron chi connectivity index (χ3n) is 15.1. The molecule has 12 atom stereocenters. The van der Waals surface area contributed by atoms with E-state index in [-0.39, 0.29) is 38.9 Å². The van der Waals surface area contributed by atoms with E-state index in [2.05, 4.69) is 59.9 Å². The second-order valence-corrected chi connectivity index (χ2v) is 17.8. The van der Waals surface area contributed by atoms with Gasteiger partial charge in [0.05, 0.1) is 18.1 Å². The first-order valence-corrected chi connectivity index (χ1v) is 17.3. The van der Waals surface area contributed by atoms with Crippen molar-refractivity contribution in [2.24, 2.45) is 56.0 Å². The maximum Gasteiger partial charge on any atom is 0.228 e. The van der Waals surface area contributed by atoms with E-state index in [4.69, 9.17) is 10.5 Å². The quantitative estimate of drug-likeness (QED) is 0.300. The molecule has 8 nitrogen and oxygen atoms in total. The zero-order valence-electron chi connectivity index (χ0n) is 28.1. The Morgan fingerprint density at radius 1 is 0.977 bits per heavy atom. The Labute approximate surface area is 263 Å². The molecular weight excluding hydrogens is 556 g/mol. The number of allylic oxidation sites excluding steroid dienone is 2. The number of amides is 1. The van der Waals surface area contributed by atoms with Crippen LogP contribution < -0.4 is 11.1 Å². The first-order valence-electron chi connectivity index (χ1n) is 17.3. The van der Waals surface area contributed by atoms with E-state index >= 15 is 0 Å². The molecule has 0 aromatic heterocycles. The van der Waals surface area contributed by atoms with Gasteiger partial charge in [-0.15, -0.1) is 0 Å². The Morgan fingerprint density at radius 3 is 2.34 bits per heavy atom. The molecule has 0 spiro atoms. The topological polar surface area (TPSA) is 142 Å². The molecule has 1 amide bonds. The highest BCUT2D eigenvalue weighted by molar-refractivity contribution is 5.86. The Morgan fingerprint density at radius 2 is 1.66 bits per heavy atom. The predicted octanol–water partition coefficient (Wildman–Crippen LogP) is 4.24. The molecule has 44 heavy (non-hydrogen) atoms. The van der Waals surface area contributed by atoms with Crippen molar-refractivity contribution in [2.75, 3.05) is 6.61 Å². The van der Waals surface area contributed by atoms with E-state index in [1.807, 2.05) is 0 Å². The third-order valence-corrected chi connectivity index (χ3v) is 15.1. The van der Waals surface area contributed by atoms with E-state index in [1.54, 1.807) is 0 Å². The highest BCUT2D eigenvalue weighted by Crippen LogP contribution is 2.75. The number of hydrogen-bond acceptors (Lipinski definition) is 7. The molecule has 5 aliphatic carbocycles. The van der Waals surface area contributed by atoms with E-state index in [0.29, 0.717) is 24.0 Å². The first kappa shape index (κ1) is 32.6. The summed E-state index contributed by atoms with van der Waals surface area (Å²) in [6.45, 7) is 16.1. The van der Waals surface area contributed by atoms with Crippen molar-refractivity contribution < 1.29 is 29.6 Å². The number of Topliss-reactive ketones (excluding diaryl/α,β-unsaturated/α-hetero) is 1. The maximum atomic E-state index is 14.5. The monoisotopic (exact) mass is 614 g/mol. The molecule has 0 aromatic carbocycles. The van der Waals surface area contributed by atoms with Crippen LogP contribution in [0.4, 0.5) is 0 Å². The lowest BCUT2D eigenvalue weighted by atomic mass is 9.33. The van der Waals surface area contributed by atoms with E-state index in [9.17, 15) is 24.9 Å². The van der Waals surface area contributed by atoms with Crippen LogP contribution in [0.15, 0.2) is 11.6 Å². The lowest BCUT2D eigenvalue weighted by Gasteiger charge is -2.70. The van der Waals surface area contributed by atoms with Crippen molar-refractivity contribution in [1.29, 1.82) is 0 Å². The Kier molecular flexibility index (Phi) is 7.66. The molecule has 5 fully saturated rings. The smallest absolute Gasteiger partial charge is 0.228 e. The summed E-state index contributed by atoms with van der Waals surface area (Å²) in [7, 11) is 0. The Bertz CT molecular complexity index is 1230. The molecule has 0 radical (unpaired) electrons. The van der Waals surface area contributed by atoms with Gasteiger partial charge in [-0.25, -0.2) is 0 Å². The minimum absolute atomic E-state index is 0.0524. The lowest BCUT2D eigenvalue weighted by molar-refractivity contribution is -0.203. The van der Waals surface area contributed by atoms with E-state index in [1.165, 1.54) is 5.57 Å². The summed E-state index contributed by atoms with van der Waals surface area (Å²) in [5.74, 6) is 1.24. The zero-order valence-corrected chi connectivity index (χ0v) is 28.1. The molecule has 6 aliphatic rings. The van der Waals surface area contributed by atoms with Gasteiger partial charge >= 0.3 is 0 Å². The highest BCUT2D eigenvalue weighted by atomic mass is 16.5. The minimum atomic E-state index is -1.38. The summed E-state index contributed by atoms with van der Waals surface area (Å²) in [5, 5.41) is 34.2. The molecule has 1 heterocycles. The molecule has 12 unspecified atom stereocenters. The predicted molar refractivity (Wildman–Crippen MR) is 168 cm³/mol. The molecule has 0 aromatic rings. The summed E-state index contributed by atoms with van der Waals surface area (Å²) in [5.41, 5.74) is 6.72. The molecule has 248 valence electrons. The van der Waals surface area contributed by atoms with Crippen molar-refractivity contribution >= 4 is 11.7 Å². The molecule has 1 saturated heterocycles. The van der Waals surface area contributed by atoms with Crippen LogP contribution in [0.1, 0.15) is 113 Å². The number of rotatable bonds is 3. The van der Waals surface area contributed by atoms with Gasteiger partial charge < -0.3 is 31.1 Å². The zero-order chi connectivity index (χ0) is 32.3. The van der Waals surface area contributed by atoms with Gasteiger partial charge in [0.1, 0.15) is 24.1 Å². The summed E-state index contributed by atoms with van der Waals surface area (Å²) in [6, 6.07) is -0.939. The molecule has 8 heteroatoms. The average Bonchev–Trinajstić information content (AvgIpc) is 2.95. The number of fused-ring (bicyclic) bond motifs is 7. The van der Waals surface area contributed by atoms with Crippen molar-refractivity contribution in [2.45, 2.75) is 143 Å². The van der Waals surface area contributed by atoms with Gasteiger partial charge in [-0.1, -0.05) is 60.1 Å². The van der Waals surface area contributed by atoms with Crippen LogP contribution in [0.5, 0.6) is 0 Å². The summed E-state index contributed by atoms with van der Waals surface area (Å²) in [6.07, 6.45) is 6.91. The van der Waals surface area contributed by atoms with Crippen molar-refractivity contribution in [3.05, 3.63) is 11.6 Å². The number of carbonyl (C=O) groups excluding carboxylic acids is 2. The van der Waals surface area contributed by atoms with Gasteiger partial charge in [-0.05, 0) is 97.2 Å². The lowest BCUT2D eigenvalue weighted by Crippen LogP contribution is -2.68. The molecule has 6 N–H and O–H groups in total. The number of nitrogens with two attached hydrogens (primary N) is 1. The second kappa shape index (κ2) is 10.3. The number of hydrogen-bond donors (Lipinski definition) is 5. The van der Waals surface area contributed by atoms with Crippen LogP contribution in [0, 0.1) is 50.2 Å². The van der Waals surface area contributed by atoms with Crippen molar-refractivity contribution in [1.82, 2.24) is 5.32 Å². The molecule has 1 aliphatic heterocycles. The van der Waals surface area contributed by atoms with Crippen LogP contribution >= 0.6 is 0 Å². The second-order valence-electron chi connectivity index (χ2n) is 17.8. The number of nitrogens with one attached hydrogen (secondary N) is 1. The van der Waals surface area contributed by atoms with Gasteiger partial charge in [0.15, 0.2) is 6.23 Å². The molecular formula is C36H58N2O6. The van der Waals surface area contributed by atoms with Crippen LogP contribution in [0.25, 0.3) is 0 Å². The third kappa shape index (κ3) is 4.33. The van der Waals surface area contributed by atoms with Crippen LogP contribution in [0.2, 0.25) is 0 Å². The Balaban J connectivity index is 1.35. The molecule has 6 rings (SSSR count). The first-order chi connectivity index (χ1) is 20.4. The van der Waals surface area contributed by atoms with E-state index < -0.39 is 42.6 Å². The largest absolute Gasteiger partial charge is 0.394 e. The average molecular weight is 615 g/mol. The number of carbonyl (C=O) groups is 2. The van der Waals surface area contributed by atoms with Crippen LogP contribution in [0.3, 0.4) is 0 Å². The fraction of sp³-hybridized carbons (Fsp3) is 0.889. The minimum Gasteiger partial charge on any atom is -0.394 e. The van der Waals surface area contributed by atoms with Crippen LogP contribution in [-0.2, 0) is 14.3 Å². The SMILES string of the molecule is CC1(C)CCC2(C(=O)NC3OC(CO)C(N)C(O)C3O)CCC3(C)C(=CCC4C5(C)CCC(=O)C(C)(C)C5CCC43C)C2C1. The molecule has 4 saturated carbocycles. The summed E-state index contributed by atoms with van der Waals surface area (Å²) < 4.78 is 5.85. The van der Waals surface area contributed by atoms with Gasteiger partial charge in [-0.3, -0.25) is 9.59 Å². The maximum absolute atomic E-state index is 14.5. The van der Waals surface area contributed by atoms with Crippen molar-refractivity contribution in [3.63, 3.8) is 0 Å². The number of ketones is 1. The van der Waals surface area contributed by atoms with E-state index in [0.717, 1.165) is 57.8 Å². The normalized spacial score (nSPS) is 51.2. The summed E-state index contributed by atoms with van der Waals surface area (Å²) in [4.78, 5) is 27.6. The summed E-state index contributed by atoms with van der Waals surface area (Å²) >= 11 is 0. The molecule has 0 bridgehead atoms. The number of ether oxygens (including phenoxy) is 1. The van der Waals surface area contributed by atoms with Crippen LogP contribution in [-0.4, -0.2) is 64.2 Å².